The largest absolute Gasteiger partial charge is 0.497 e. The summed E-state index contributed by atoms with van der Waals surface area (Å²) in [5.74, 6) is 1.50. The van der Waals surface area contributed by atoms with Crippen molar-refractivity contribution in [3.63, 3.8) is 0 Å². The van der Waals surface area contributed by atoms with E-state index in [-0.39, 0.29) is 5.91 Å². The van der Waals surface area contributed by atoms with Crippen molar-refractivity contribution in [3.05, 3.63) is 113 Å². The van der Waals surface area contributed by atoms with Crippen molar-refractivity contribution >= 4 is 17.5 Å². The standard InChI is InChI=1S/C25H23ClN4O2/c1-32-23-6-2-4-19(14-23)16-29-13-12-28-24(29)18-30(17-20-5-3-11-27-15-20)25(31)21-7-9-22(26)10-8-21/h2-15H,16-18H2,1H3. The average Bonchev–Trinajstić information content (AvgIpc) is 3.26. The molecular weight excluding hydrogens is 424 g/mol. The van der Waals surface area contributed by atoms with Crippen molar-refractivity contribution in [1.29, 1.82) is 0 Å². The van der Waals surface area contributed by atoms with E-state index < -0.39 is 0 Å². The van der Waals surface area contributed by atoms with Gasteiger partial charge in [-0.05, 0) is 53.6 Å². The maximum absolute atomic E-state index is 13.3. The molecule has 0 spiro atoms. The van der Waals surface area contributed by atoms with Crippen LogP contribution in [0.5, 0.6) is 5.75 Å². The van der Waals surface area contributed by atoms with Gasteiger partial charge in [0.1, 0.15) is 11.6 Å². The molecule has 0 aliphatic heterocycles. The average molecular weight is 447 g/mol. The molecule has 2 aromatic carbocycles. The van der Waals surface area contributed by atoms with Gasteiger partial charge < -0.3 is 14.2 Å². The number of amides is 1. The van der Waals surface area contributed by atoms with Gasteiger partial charge in [-0.3, -0.25) is 9.78 Å². The Morgan fingerprint density at radius 1 is 1.03 bits per heavy atom. The van der Waals surface area contributed by atoms with E-state index in [1.165, 1.54) is 0 Å². The Bertz CT molecular complexity index is 1180. The summed E-state index contributed by atoms with van der Waals surface area (Å²) in [6, 6.07) is 18.7. The third kappa shape index (κ3) is 5.34. The molecular formula is C25H23ClN4O2. The molecule has 4 aromatic rings. The van der Waals surface area contributed by atoms with Crippen LogP contribution in [0.25, 0.3) is 0 Å². The van der Waals surface area contributed by atoms with E-state index >= 15 is 0 Å². The van der Waals surface area contributed by atoms with Crippen LogP contribution in [0.1, 0.15) is 27.3 Å². The molecule has 162 valence electrons. The summed E-state index contributed by atoms with van der Waals surface area (Å²) < 4.78 is 7.37. The number of nitrogens with zero attached hydrogens (tertiary/aromatic N) is 4. The lowest BCUT2D eigenvalue weighted by Crippen LogP contribution is -2.31. The van der Waals surface area contributed by atoms with Crippen LogP contribution in [0.4, 0.5) is 0 Å². The first-order valence-corrected chi connectivity index (χ1v) is 10.6. The zero-order valence-electron chi connectivity index (χ0n) is 17.7. The highest BCUT2D eigenvalue weighted by Crippen LogP contribution is 2.18. The molecule has 1 amide bonds. The van der Waals surface area contributed by atoms with Crippen molar-refractivity contribution in [2.24, 2.45) is 0 Å². The molecule has 2 heterocycles. The predicted octanol–water partition coefficient (Wildman–Crippen LogP) is 4.83. The number of hydrogen-bond acceptors (Lipinski definition) is 4. The number of carbonyl (C=O) groups excluding carboxylic acids is 1. The summed E-state index contributed by atoms with van der Waals surface area (Å²) in [5.41, 5.74) is 2.61. The van der Waals surface area contributed by atoms with Crippen molar-refractivity contribution in [2.45, 2.75) is 19.6 Å². The Morgan fingerprint density at radius 3 is 2.59 bits per heavy atom. The highest BCUT2D eigenvalue weighted by molar-refractivity contribution is 6.30. The molecule has 0 unspecified atom stereocenters. The molecule has 2 aromatic heterocycles. The minimum absolute atomic E-state index is 0.0959. The fourth-order valence-electron chi connectivity index (χ4n) is 3.46. The fourth-order valence-corrected chi connectivity index (χ4v) is 3.59. The Balaban J connectivity index is 1.59. The summed E-state index contributed by atoms with van der Waals surface area (Å²) in [7, 11) is 1.65. The molecule has 0 saturated carbocycles. The Morgan fingerprint density at radius 2 is 1.84 bits per heavy atom. The Kier molecular flexibility index (Phi) is 6.82. The first kappa shape index (κ1) is 21.6. The van der Waals surface area contributed by atoms with Gasteiger partial charge in [0.15, 0.2) is 0 Å². The van der Waals surface area contributed by atoms with Crippen LogP contribution in [-0.4, -0.2) is 32.5 Å². The first-order valence-electron chi connectivity index (χ1n) is 10.2. The van der Waals surface area contributed by atoms with E-state index in [2.05, 4.69) is 9.97 Å². The van der Waals surface area contributed by atoms with E-state index in [0.717, 1.165) is 22.7 Å². The number of carbonyl (C=O) groups is 1. The molecule has 32 heavy (non-hydrogen) atoms. The number of imidazole rings is 1. The minimum atomic E-state index is -0.0959. The first-order chi connectivity index (χ1) is 15.6. The van der Waals surface area contributed by atoms with E-state index in [4.69, 9.17) is 16.3 Å². The lowest BCUT2D eigenvalue weighted by molar-refractivity contribution is 0.0723. The molecule has 0 saturated heterocycles. The van der Waals surface area contributed by atoms with Crippen molar-refractivity contribution in [2.75, 3.05) is 7.11 Å². The van der Waals surface area contributed by atoms with Gasteiger partial charge >= 0.3 is 0 Å². The third-order valence-electron chi connectivity index (χ3n) is 5.10. The van der Waals surface area contributed by atoms with E-state index in [9.17, 15) is 4.79 Å². The Labute approximate surface area is 192 Å². The number of rotatable bonds is 8. The quantitative estimate of drug-likeness (QED) is 0.389. The SMILES string of the molecule is COc1cccc(Cn2ccnc2CN(Cc2cccnc2)C(=O)c2ccc(Cl)cc2)c1. The van der Waals surface area contributed by atoms with E-state index in [1.54, 1.807) is 54.9 Å². The van der Waals surface area contributed by atoms with Gasteiger partial charge in [0.2, 0.25) is 0 Å². The molecule has 0 atom stereocenters. The van der Waals surface area contributed by atoms with Gasteiger partial charge in [-0.25, -0.2) is 4.98 Å². The van der Waals surface area contributed by atoms with Gasteiger partial charge in [0.05, 0.1) is 13.7 Å². The molecule has 6 nitrogen and oxygen atoms in total. The summed E-state index contributed by atoms with van der Waals surface area (Å²) >= 11 is 6.00. The topological polar surface area (TPSA) is 60.2 Å². The third-order valence-corrected chi connectivity index (χ3v) is 5.35. The molecule has 0 aliphatic rings. The van der Waals surface area contributed by atoms with Crippen molar-refractivity contribution in [3.8, 4) is 5.75 Å². The van der Waals surface area contributed by atoms with Gasteiger partial charge in [-0.1, -0.05) is 29.8 Å². The fraction of sp³-hybridized carbons (Fsp3) is 0.160. The predicted molar refractivity (Wildman–Crippen MR) is 124 cm³/mol. The van der Waals surface area contributed by atoms with Crippen LogP contribution in [0, 0.1) is 0 Å². The van der Waals surface area contributed by atoms with Gasteiger partial charge in [0, 0.05) is 48.5 Å². The van der Waals surface area contributed by atoms with E-state index in [1.807, 2.05) is 47.2 Å². The Hall–Kier alpha value is -3.64. The van der Waals surface area contributed by atoms with Crippen molar-refractivity contribution in [1.82, 2.24) is 19.4 Å². The van der Waals surface area contributed by atoms with Crippen LogP contribution in [-0.2, 0) is 19.6 Å². The van der Waals surface area contributed by atoms with Crippen LogP contribution < -0.4 is 4.74 Å². The highest BCUT2D eigenvalue weighted by Gasteiger charge is 2.19. The molecule has 0 aliphatic carbocycles. The van der Waals surface area contributed by atoms with Crippen LogP contribution >= 0.6 is 11.6 Å². The second kappa shape index (κ2) is 10.1. The summed E-state index contributed by atoms with van der Waals surface area (Å²) in [6.45, 7) is 1.40. The molecule has 0 bridgehead atoms. The second-order valence-electron chi connectivity index (χ2n) is 7.35. The maximum atomic E-state index is 13.3. The van der Waals surface area contributed by atoms with Crippen LogP contribution in [0.3, 0.4) is 0 Å². The number of benzene rings is 2. The number of pyridine rings is 1. The van der Waals surface area contributed by atoms with Gasteiger partial charge in [-0.15, -0.1) is 0 Å². The van der Waals surface area contributed by atoms with E-state index in [0.29, 0.717) is 30.2 Å². The summed E-state index contributed by atoms with van der Waals surface area (Å²) in [5, 5.41) is 0.592. The summed E-state index contributed by atoms with van der Waals surface area (Å²) in [6.07, 6.45) is 7.16. The smallest absolute Gasteiger partial charge is 0.254 e. The normalized spacial score (nSPS) is 10.7. The summed E-state index contributed by atoms with van der Waals surface area (Å²) in [4.78, 5) is 23.8. The number of aromatic nitrogens is 3. The zero-order chi connectivity index (χ0) is 22.3. The zero-order valence-corrected chi connectivity index (χ0v) is 18.4. The minimum Gasteiger partial charge on any atom is -0.497 e. The molecule has 0 fully saturated rings. The molecule has 4 rings (SSSR count). The lowest BCUT2D eigenvalue weighted by Gasteiger charge is -2.23. The van der Waals surface area contributed by atoms with Crippen LogP contribution in [0.2, 0.25) is 5.02 Å². The molecule has 0 radical (unpaired) electrons. The number of hydrogen-bond donors (Lipinski definition) is 0. The lowest BCUT2D eigenvalue weighted by atomic mass is 10.1. The molecule has 7 heteroatoms. The van der Waals surface area contributed by atoms with Crippen LogP contribution in [0.15, 0.2) is 85.5 Å². The number of halogens is 1. The van der Waals surface area contributed by atoms with Gasteiger partial charge in [0.25, 0.3) is 5.91 Å². The number of ether oxygens (including phenoxy) is 1. The number of methoxy groups -OCH3 is 1. The van der Waals surface area contributed by atoms with Gasteiger partial charge in [-0.2, -0.15) is 0 Å². The second-order valence-corrected chi connectivity index (χ2v) is 7.79. The maximum Gasteiger partial charge on any atom is 0.254 e. The monoisotopic (exact) mass is 446 g/mol. The highest BCUT2D eigenvalue weighted by atomic mass is 35.5. The molecule has 0 N–H and O–H groups in total. The van der Waals surface area contributed by atoms with Crippen molar-refractivity contribution < 1.29 is 9.53 Å².